The van der Waals surface area contributed by atoms with Crippen molar-refractivity contribution in [1.29, 1.82) is 0 Å². The largest absolute Gasteiger partial charge is 0.125 e. The standard InChI is InChI=1S/C10H17Cl5/c1-7(12)2-4-9(14)10(15)5-3-8(13)6-11/h7-10H,2-6H2,1H3/t7-,8-,9-,10+/m0/s1. The van der Waals surface area contributed by atoms with Crippen LogP contribution in [0.3, 0.4) is 0 Å². The summed E-state index contributed by atoms with van der Waals surface area (Å²) in [6.07, 6.45) is 3.33. The van der Waals surface area contributed by atoms with E-state index < -0.39 is 0 Å². The Hall–Kier alpha value is 1.45. The molecule has 0 aliphatic heterocycles. The van der Waals surface area contributed by atoms with Gasteiger partial charge in [-0.1, -0.05) is 0 Å². The van der Waals surface area contributed by atoms with Crippen molar-refractivity contribution in [3.05, 3.63) is 0 Å². The minimum atomic E-state index is -0.0495. The molecule has 4 atom stereocenters. The Bertz CT molecular complexity index is 151. The molecule has 0 aliphatic rings. The SMILES string of the molecule is C[C@H](Cl)CC[C@H](Cl)[C@H](Cl)CC[C@H](Cl)CCl. The van der Waals surface area contributed by atoms with Crippen LogP contribution in [0.15, 0.2) is 0 Å². The van der Waals surface area contributed by atoms with Gasteiger partial charge >= 0.3 is 0 Å². The van der Waals surface area contributed by atoms with Gasteiger partial charge in [0.15, 0.2) is 0 Å². The summed E-state index contributed by atoms with van der Waals surface area (Å²) in [5, 5.41) is 0.0566. The molecular formula is C10H17Cl5. The molecule has 0 rings (SSSR count). The number of rotatable bonds is 8. The lowest BCUT2D eigenvalue weighted by Crippen LogP contribution is -2.18. The Labute approximate surface area is 118 Å². The van der Waals surface area contributed by atoms with E-state index in [-0.39, 0.29) is 21.5 Å². The van der Waals surface area contributed by atoms with Gasteiger partial charge < -0.3 is 0 Å². The monoisotopic (exact) mass is 312 g/mol. The van der Waals surface area contributed by atoms with Crippen LogP contribution >= 0.6 is 58.0 Å². The van der Waals surface area contributed by atoms with Crippen molar-refractivity contribution in [3.63, 3.8) is 0 Å². The van der Waals surface area contributed by atoms with Gasteiger partial charge in [0.05, 0.1) is 0 Å². The summed E-state index contributed by atoms with van der Waals surface area (Å²) >= 11 is 29.6. The molecule has 0 aromatic rings. The molecule has 0 spiro atoms. The van der Waals surface area contributed by atoms with Gasteiger partial charge in [0.1, 0.15) is 0 Å². The first-order valence-corrected chi connectivity index (χ1v) is 7.37. The third kappa shape index (κ3) is 9.18. The number of hydrogen-bond acceptors (Lipinski definition) is 0. The second-order valence-corrected chi connectivity index (χ2v) is 6.51. The van der Waals surface area contributed by atoms with Crippen LogP contribution in [0.1, 0.15) is 32.6 Å². The summed E-state index contributed by atoms with van der Waals surface area (Å²) in [5.74, 6) is 0.455. The van der Waals surface area contributed by atoms with Gasteiger partial charge in [-0.05, 0) is 32.6 Å². The second kappa shape index (κ2) is 9.48. The lowest BCUT2D eigenvalue weighted by Gasteiger charge is -2.17. The van der Waals surface area contributed by atoms with Gasteiger partial charge in [0.25, 0.3) is 0 Å². The third-order valence-electron chi connectivity index (χ3n) is 2.16. The molecule has 0 bridgehead atoms. The van der Waals surface area contributed by atoms with Crippen LogP contribution in [0.25, 0.3) is 0 Å². The summed E-state index contributed by atoms with van der Waals surface area (Å²) in [5.41, 5.74) is 0. The molecule has 0 N–H and O–H groups in total. The molecule has 0 radical (unpaired) electrons. The number of halogens is 5. The molecule has 0 fully saturated rings. The molecule has 0 nitrogen and oxygen atoms in total. The average molecular weight is 315 g/mol. The fraction of sp³-hybridized carbons (Fsp3) is 1.00. The molecule has 0 saturated heterocycles. The topological polar surface area (TPSA) is 0 Å². The van der Waals surface area contributed by atoms with Crippen LogP contribution in [0.4, 0.5) is 0 Å². The van der Waals surface area contributed by atoms with Gasteiger partial charge in [-0.25, -0.2) is 0 Å². The van der Waals surface area contributed by atoms with E-state index in [1.54, 1.807) is 0 Å². The van der Waals surface area contributed by atoms with E-state index in [0.29, 0.717) is 5.88 Å². The van der Waals surface area contributed by atoms with E-state index in [4.69, 9.17) is 58.0 Å². The van der Waals surface area contributed by atoms with Crippen LogP contribution < -0.4 is 0 Å². The zero-order valence-electron chi connectivity index (χ0n) is 8.73. The van der Waals surface area contributed by atoms with Crippen LogP contribution in [0.5, 0.6) is 0 Å². The minimum absolute atomic E-state index is 0.0104. The van der Waals surface area contributed by atoms with Crippen LogP contribution in [0, 0.1) is 0 Å². The van der Waals surface area contributed by atoms with Crippen LogP contribution in [-0.4, -0.2) is 27.4 Å². The van der Waals surface area contributed by atoms with E-state index in [1.807, 2.05) is 6.92 Å². The van der Waals surface area contributed by atoms with Crippen molar-refractivity contribution in [1.82, 2.24) is 0 Å². The molecule has 0 saturated carbocycles. The second-order valence-electron chi connectivity index (χ2n) is 3.72. The smallest absolute Gasteiger partial charge is 0.0500 e. The maximum atomic E-state index is 6.14. The molecule has 0 aliphatic carbocycles. The van der Waals surface area contributed by atoms with Gasteiger partial charge in [-0.15, -0.1) is 58.0 Å². The maximum Gasteiger partial charge on any atom is 0.0500 e. The Balaban J connectivity index is 3.64. The zero-order chi connectivity index (χ0) is 11.8. The van der Waals surface area contributed by atoms with Gasteiger partial charge in [-0.3, -0.25) is 0 Å². The third-order valence-corrected chi connectivity index (χ3v) is 4.45. The molecule has 0 aromatic carbocycles. The fourth-order valence-electron chi connectivity index (χ4n) is 1.17. The zero-order valence-corrected chi connectivity index (χ0v) is 12.5. The van der Waals surface area contributed by atoms with Crippen molar-refractivity contribution in [2.24, 2.45) is 0 Å². The van der Waals surface area contributed by atoms with E-state index >= 15 is 0 Å². The molecule has 0 unspecified atom stereocenters. The quantitative estimate of drug-likeness (QED) is 0.538. The maximum absolute atomic E-state index is 6.14. The van der Waals surface area contributed by atoms with E-state index in [1.165, 1.54) is 0 Å². The lowest BCUT2D eigenvalue weighted by atomic mass is 10.1. The van der Waals surface area contributed by atoms with Crippen molar-refractivity contribution in [2.75, 3.05) is 5.88 Å². The summed E-state index contributed by atoms with van der Waals surface area (Å²) in [4.78, 5) is 0. The predicted molar refractivity (Wildman–Crippen MR) is 73.4 cm³/mol. The molecule has 92 valence electrons. The Morgan fingerprint density at radius 3 is 1.67 bits per heavy atom. The molecule has 5 heteroatoms. The lowest BCUT2D eigenvalue weighted by molar-refractivity contribution is 0.603. The van der Waals surface area contributed by atoms with Crippen LogP contribution in [-0.2, 0) is 0 Å². The summed E-state index contributed by atoms with van der Waals surface area (Å²) in [6.45, 7) is 1.96. The highest BCUT2D eigenvalue weighted by atomic mass is 35.5. The minimum Gasteiger partial charge on any atom is -0.125 e. The first kappa shape index (κ1) is 16.4. The highest BCUT2D eigenvalue weighted by Crippen LogP contribution is 2.23. The summed E-state index contributed by atoms with van der Waals surface area (Å²) < 4.78 is 0. The van der Waals surface area contributed by atoms with Gasteiger partial charge in [0, 0.05) is 27.4 Å². The Morgan fingerprint density at radius 1 is 0.800 bits per heavy atom. The van der Waals surface area contributed by atoms with Crippen molar-refractivity contribution < 1.29 is 0 Å². The average Bonchev–Trinajstić information content (AvgIpc) is 2.21. The van der Waals surface area contributed by atoms with E-state index in [2.05, 4.69) is 0 Å². The summed E-state index contributed by atoms with van der Waals surface area (Å²) in [7, 11) is 0. The first-order valence-electron chi connectivity index (χ1n) is 5.09. The number of hydrogen-bond donors (Lipinski definition) is 0. The van der Waals surface area contributed by atoms with E-state index in [9.17, 15) is 0 Å². The van der Waals surface area contributed by atoms with Crippen molar-refractivity contribution in [3.8, 4) is 0 Å². The Morgan fingerprint density at radius 2 is 1.27 bits per heavy atom. The van der Waals surface area contributed by atoms with E-state index in [0.717, 1.165) is 25.7 Å². The predicted octanol–water partition coefficient (Wildman–Crippen LogP) is 5.24. The molecule has 0 aromatic heterocycles. The van der Waals surface area contributed by atoms with Crippen LogP contribution in [0.2, 0.25) is 0 Å². The molecule has 0 heterocycles. The first-order chi connectivity index (χ1) is 6.97. The van der Waals surface area contributed by atoms with Crippen molar-refractivity contribution in [2.45, 2.75) is 54.1 Å². The summed E-state index contributed by atoms with van der Waals surface area (Å²) in [6, 6.07) is 0. The fourth-order valence-corrected chi connectivity index (χ4v) is 2.08. The number of alkyl halides is 5. The van der Waals surface area contributed by atoms with Gasteiger partial charge in [0.2, 0.25) is 0 Å². The Kier molecular flexibility index (Phi) is 10.4. The normalized spacial score (nSPS) is 19.6. The highest BCUT2D eigenvalue weighted by molar-refractivity contribution is 6.30. The molecule has 15 heavy (non-hydrogen) atoms. The highest BCUT2D eigenvalue weighted by Gasteiger charge is 2.18. The van der Waals surface area contributed by atoms with Gasteiger partial charge in [-0.2, -0.15) is 0 Å². The molecular weight excluding hydrogens is 297 g/mol. The van der Waals surface area contributed by atoms with Crippen molar-refractivity contribution >= 4 is 58.0 Å². The molecule has 0 amide bonds.